The van der Waals surface area contributed by atoms with Crippen LogP contribution < -0.4 is 4.74 Å². The zero-order valence-corrected chi connectivity index (χ0v) is 19.1. The van der Waals surface area contributed by atoms with Crippen molar-refractivity contribution in [2.75, 3.05) is 52.5 Å². The van der Waals surface area contributed by atoms with Crippen molar-refractivity contribution in [1.29, 1.82) is 0 Å². The number of aromatic amines is 1. The van der Waals surface area contributed by atoms with Gasteiger partial charge in [-0.15, -0.1) is 0 Å². The Morgan fingerprint density at radius 3 is 2.35 bits per heavy atom. The quantitative estimate of drug-likeness (QED) is 0.469. The molecule has 1 aromatic carbocycles. The molecule has 2 aromatic rings. The van der Waals surface area contributed by atoms with Gasteiger partial charge in [0.1, 0.15) is 12.4 Å². The zero-order valence-electron chi connectivity index (χ0n) is 18.4. The number of hydrogen-bond acceptors (Lipinski definition) is 6. The van der Waals surface area contributed by atoms with E-state index >= 15 is 0 Å². The second-order valence-corrected chi connectivity index (χ2v) is 8.13. The van der Waals surface area contributed by atoms with Crippen LogP contribution in [0.2, 0.25) is 5.02 Å². The number of nitrogens with one attached hydrogen (secondary N) is 1. The van der Waals surface area contributed by atoms with E-state index in [1.807, 2.05) is 24.3 Å². The van der Waals surface area contributed by atoms with Crippen LogP contribution in [0.25, 0.3) is 0 Å². The van der Waals surface area contributed by atoms with Crippen molar-refractivity contribution in [1.82, 2.24) is 14.8 Å². The highest BCUT2D eigenvalue weighted by Gasteiger charge is 2.25. The van der Waals surface area contributed by atoms with E-state index in [0.717, 1.165) is 38.5 Å². The van der Waals surface area contributed by atoms with Gasteiger partial charge < -0.3 is 14.5 Å². The second-order valence-electron chi connectivity index (χ2n) is 7.69. The topological polar surface area (TPSA) is 74.9 Å². The van der Waals surface area contributed by atoms with Gasteiger partial charge in [0.05, 0.1) is 24.4 Å². The van der Waals surface area contributed by atoms with Gasteiger partial charge in [0.15, 0.2) is 5.78 Å². The van der Waals surface area contributed by atoms with Crippen LogP contribution in [0.1, 0.15) is 39.0 Å². The highest BCUT2D eigenvalue weighted by Crippen LogP contribution is 2.20. The van der Waals surface area contributed by atoms with Crippen LogP contribution in [-0.2, 0) is 4.74 Å². The van der Waals surface area contributed by atoms with Gasteiger partial charge in [0.2, 0.25) is 0 Å². The number of piperazine rings is 1. The standard InChI is InChI=1S/C23H30ClN3O4/c1-4-30-23(29)21-16(2)22(25-17(21)3)20(28)15-27-11-9-26(10-12-27)13-14-31-19-7-5-18(24)6-8-19/h5-8,25H,4,9-15H2,1-3H3. The lowest BCUT2D eigenvalue weighted by molar-refractivity contribution is 0.0525. The summed E-state index contributed by atoms with van der Waals surface area (Å²) in [6.07, 6.45) is 0. The molecule has 1 N–H and O–H groups in total. The van der Waals surface area contributed by atoms with E-state index in [4.69, 9.17) is 21.1 Å². The molecule has 0 amide bonds. The van der Waals surface area contributed by atoms with E-state index in [1.165, 1.54) is 0 Å². The van der Waals surface area contributed by atoms with Gasteiger partial charge in [-0.05, 0) is 50.6 Å². The summed E-state index contributed by atoms with van der Waals surface area (Å²) in [6.45, 7) is 10.8. The molecule has 0 spiro atoms. The number of ether oxygens (including phenoxy) is 2. The fraction of sp³-hybridized carbons (Fsp3) is 0.478. The maximum atomic E-state index is 12.8. The summed E-state index contributed by atoms with van der Waals surface area (Å²) in [5, 5.41) is 0.694. The van der Waals surface area contributed by atoms with E-state index in [1.54, 1.807) is 20.8 Å². The monoisotopic (exact) mass is 447 g/mol. The normalized spacial score (nSPS) is 15.1. The maximum absolute atomic E-state index is 12.8. The molecule has 0 radical (unpaired) electrons. The molecular formula is C23H30ClN3O4. The molecule has 1 aromatic heterocycles. The third-order valence-corrected chi connectivity index (χ3v) is 5.77. The summed E-state index contributed by atoms with van der Waals surface area (Å²) in [5.74, 6) is 0.422. The molecule has 31 heavy (non-hydrogen) atoms. The largest absolute Gasteiger partial charge is 0.492 e. The third-order valence-electron chi connectivity index (χ3n) is 5.52. The van der Waals surface area contributed by atoms with Crippen LogP contribution in [0.5, 0.6) is 5.75 Å². The van der Waals surface area contributed by atoms with E-state index in [-0.39, 0.29) is 11.8 Å². The Hall–Kier alpha value is -2.35. The van der Waals surface area contributed by atoms with Crippen molar-refractivity contribution in [3.05, 3.63) is 51.8 Å². The van der Waals surface area contributed by atoms with Gasteiger partial charge in [-0.25, -0.2) is 4.79 Å². The minimum absolute atomic E-state index is 0.00401. The number of carbonyl (C=O) groups is 2. The van der Waals surface area contributed by atoms with E-state index < -0.39 is 0 Å². The highest BCUT2D eigenvalue weighted by molar-refractivity contribution is 6.30. The Labute approximate surface area is 188 Å². The number of halogens is 1. The first-order valence-corrected chi connectivity index (χ1v) is 11.0. The highest BCUT2D eigenvalue weighted by atomic mass is 35.5. The number of hydrogen-bond donors (Lipinski definition) is 1. The fourth-order valence-electron chi connectivity index (χ4n) is 3.81. The number of nitrogens with zero attached hydrogens (tertiary/aromatic N) is 2. The minimum atomic E-state index is -0.387. The van der Waals surface area contributed by atoms with Gasteiger partial charge in [-0.2, -0.15) is 0 Å². The van der Waals surface area contributed by atoms with Crippen molar-refractivity contribution in [2.45, 2.75) is 20.8 Å². The molecule has 168 valence electrons. The van der Waals surface area contributed by atoms with Crippen LogP contribution >= 0.6 is 11.6 Å². The Morgan fingerprint density at radius 1 is 1.06 bits per heavy atom. The molecule has 1 saturated heterocycles. The lowest BCUT2D eigenvalue weighted by Crippen LogP contribution is -2.48. The van der Waals surface area contributed by atoms with Gasteiger partial charge in [-0.3, -0.25) is 14.6 Å². The van der Waals surface area contributed by atoms with Crippen LogP contribution in [0.15, 0.2) is 24.3 Å². The Morgan fingerprint density at radius 2 is 1.71 bits per heavy atom. The summed E-state index contributed by atoms with van der Waals surface area (Å²) in [6, 6.07) is 7.36. The molecule has 0 atom stereocenters. The van der Waals surface area contributed by atoms with E-state index in [9.17, 15) is 9.59 Å². The fourth-order valence-corrected chi connectivity index (χ4v) is 3.94. The van der Waals surface area contributed by atoms with Crippen LogP contribution in [0.4, 0.5) is 0 Å². The van der Waals surface area contributed by atoms with Crippen molar-refractivity contribution in [2.24, 2.45) is 0 Å². The maximum Gasteiger partial charge on any atom is 0.340 e. The lowest BCUT2D eigenvalue weighted by atomic mass is 10.1. The van der Waals surface area contributed by atoms with E-state index in [0.29, 0.717) is 47.3 Å². The Bertz CT molecular complexity index is 902. The van der Waals surface area contributed by atoms with Crippen LogP contribution in [-0.4, -0.2) is 79.0 Å². The summed E-state index contributed by atoms with van der Waals surface area (Å²) in [4.78, 5) is 32.6. The molecule has 8 heteroatoms. The number of ketones is 1. The average Bonchev–Trinajstić information content (AvgIpc) is 3.05. The number of benzene rings is 1. The molecule has 1 aliphatic rings. The Balaban J connectivity index is 1.45. The molecule has 3 rings (SSSR count). The molecular weight excluding hydrogens is 418 g/mol. The van der Waals surface area contributed by atoms with Gasteiger partial charge in [0, 0.05) is 43.4 Å². The minimum Gasteiger partial charge on any atom is -0.492 e. The smallest absolute Gasteiger partial charge is 0.340 e. The first kappa shape index (κ1) is 23.3. The summed E-state index contributed by atoms with van der Waals surface area (Å²) >= 11 is 5.89. The molecule has 1 fully saturated rings. The van der Waals surface area contributed by atoms with Crippen LogP contribution in [0, 0.1) is 13.8 Å². The van der Waals surface area contributed by atoms with Crippen LogP contribution in [0.3, 0.4) is 0 Å². The molecule has 0 unspecified atom stereocenters. The number of aryl methyl sites for hydroxylation is 1. The lowest BCUT2D eigenvalue weighted by Gasteiger charge is -2.34. The Kier molecular flexibility index (Phi) is 8.12. The number of H-pyrrole nitrogens is 1. The predicted octanol–water partition coefficient (Wildman–Crippen LogP) is 3.34. The zero-order chi connectivity index (χ0) is 22.4. The molecule has 0 bridgehead atoms. The number of carbonyl (C=O) groups excluding carboxylic acids is 2. The summed E-state index contributed by atoms with van der Waals surface area (Å²) < 4.78 is 10.9. The van der Waals surface area contributed by atoms with Crippen molar-refractivity contribution < 1.29 is 19.1 Å². The number of esters is 1. The van der Waals surface area contributed by atoms with Crippen molar-refractivity contribution >= 4 is 23.4 Å². The molecule has 2 heterocycles. The van der Waals surface area contributed by atoms with E-state index in [2.05, 4.69) is 14.8 Å². The first-order chi connectivity index (χ1) is 14.9. The molecule has 0 saturated carbocycles. The first-order valence-electron chi connectivity index (χ1n) is 10.6. The number of rotatable bonds is 9. The molecule has 7 nitrogen and oxygen atoms in total. The second kappa shape index (κ2) is 10.8. The summed E-state index contributed by atoms with van der Waals surface area (Å²) in [7, 11) is 0. The third kappa shape index (κ3) is 6.09. The summed E-state index contributed by atoms with van der Waals surface area (Å²) in [5.41, 5.74) is 2.30. The van der Waals surface area contributed by atoms with Gasteiger partial charge >= 0.3 is 5.97 Å². The van der Waals surface area contributed by atoms with Gasteiger partial charge in [0.25, 0.3) is 0 Å². The number of aromatic nitrogens is 1. The SMILES string of the molecule is CCOC(=O)c1c(C)[nH]c(C(=O)CN2CCN(CCOc3ccc(Cl)cc3)CC2)c1C. The predicted molar refractivity (Wildman–Crippen MR) is 120 cm³/mol. The van der Waals surface area contributed by atoms with Crippen molar-refractivity contribution in [3.63, 3.8) is 0 Å². The molecule has 1 aliphatic heterocycles. The van der Waals surface area contributed by atoms with Gasteiger partial charge in [-0.1, -0.05) is 11.6 Å². The van der Waals surface area contributed by atoms with Crippen molar-refractivity contribution in [3.8, 4) is 5.75 Å². The average molecular weight is 448 g/mol. The molecule has 0 aliphatic carbocycles. The number of Topliss-reactive ketones (excluding diaryl/α,β-unsaturated/α-hetero) is 1.